The van der Waals surface area contributed by atoms with Gasteiger partial charge >= 0.3 is 11.9 Å². The second-order valence-corrected chi connectivity index (χ2v) is 10.4. The van der Waals surface area contributed by atoms with Gasteiger partial charge in [-0.05, 0) is 18.1 Å². The van der Waals surface area contributed by atoms with Crippen molar-refractivity contribution in [2.45, 2.75) is 44.2 Å². The molecule has 3 heterocycles. The van der Waals surface area contributed by atoms with E-state index in [2.05, 4.69) is 15.3 Å². The van der Waals surface area contributed by atoms with Gasteiger partial charge in [-0.2, -0.15) is 0 Å². The summed E-state index contributed by atoms with van der Waals surface area (Å²) in [5, 5.41) is 14.9. The van der Waals surface area contributed by atoms with Crippen LogP contribution >= 0.6 is 22.9 Å². The number of hydrogen-bond acceptors (Lipinski definition) is 8. The zero-order valence-electron chi connectivity index (χ0n) is 20.1. The summed E-state index contributed by atoms with van der Waals surface area (Å²) in [5.41, 5.74) is 1.14. The number of carboxylic acids is 1. The average molecular weight is 557 g/mol. The number of alkyl halides is 2. The van der Waals surface area contributed by atoms with Gasteiger partial charge in [0.2, 0.25) is 0 Å². The van der Waals surface area contributed by atoms with Crippen LogP contribution in [0.3, 0.4) is 0 Å². The standard InChI is InChI=1S/C24H24ClF3N4O4S/c1-11(2)16-9-37-21(30-16)20-29-15(8-32-10-24(27,28)7-17(32)22(33)34)18(23(35)36-3)19(31-20)13-5-4-12(26)6-14(13)25/h4-6,9,11,17,19H,7-8,10H2,1-3H3,(H,29,31)(H,33,34)/t17-,19-/m0/s1. The number of carboxylic acid groups (broad SMARTS) is 1. The van der Waals surface area contributed by atoms with E-state index < -0.39 is 48.7 Å². The predicted molar refractivity (Wildman–Crippen MR) is 132 cm³/mol. The lowest BCUT2D eigenvalue weighted by molar-refractivity contribution is -0.142. The molecule has 0 bridgehead atoms. The molecule has 0 spiro atoms. The van der Waals surface area contributed by atoms with E-state index in [0.29, 0.717) is 5.01 Å². The minimum Gasteiger partial charge on any atom is -0.480 e. The topological polar surface area (TPSA) is 104 Å². The minimum atomic E-state index is -3.22. The van der Waals surface area contributed by atoms with Crippen LogP contribution in [0.5, 0.6) is 0 Å². The van der Waals surface area contributed by atoms with Crippen molar-refractivity contribution in [3.8, 4) is 0 Å². The summed E-state index contributed by atoms with van der Waals surface area (Å²) in [6.45, 7) is 2.78. The number of ether oxygens (including phenoxy) is 1. The fourth-order valence-corrected chi connectivity index (χ4v) is 5.49. The Labute approximate surface area is 219 Å². The molecule has 2 aliphatic heterocycles. The molecular formula is C24H24ClF3N4O4S. The Balaban J connectivity index is 1.85. The molecule has 1 fully saturated rings. The largest absolute Gasteiger partial charge is 0.480 e. The molecule has 8 nitrogen and oxygen atoms in total. The van der Waals surface area contributed by atoms with Crippen molar-refractivity contribution in [3.63, 3.8) is 0 Å². The van der Waals surface area contributed by atoms with Crippen LogP contribution in [-0.4, -0.2) is 64.9 Å². The first-order valence-electron chi connectivity index (χ1n) is 11.3. The van der Waals surface area contributed by atoms with Crippen LogP contribution in [0.2, 0.25) is 5.02 Å². The quantitative estimate of drug-likeness (QED) is 0.488. The zero-order valence-corrected chi connectivity index (χ0v) is 21.7. The van der Waals surface area contributed by atoms with Crippen molar-refractivity contribution in [2.24, 2.45) is 4.99 Å². The monoisotopic (exact) mass is 556 g/mol. The molecule has 1 aromatic carbocycles. The summed E-state index contributed by atoms with van der Waals surface area (Å²) in [5.74, 6) is -5.68. The van der Waals surface area contributed by atoms with E-state index in [0.717, 1.165) is 29.8 Å². The van der Waals surface area contributed by atoms with Gasteiger partial charge < -0.3 is 15.2 Å². The molecule has 13 heteroatoms. The van der Waals surface area contributed by atoms with Gasteiger partial charge in [0.25, 0.3) is 5.92 Å². The van der Waals surface area contributed by atoms with Crippen molar-refractivity contribution >= 4 is 40.7 Å². The molecule has 2 N–H and O–H groups in total. The van der Waals surface area contributed by atoms with Crippen LogP contribution in [0.1, 0.15) is 48.5 Å². The Morgan fingerprint density at radius 2 is 2.11 bits per heavy atom. The number of esters is 1. The number of carbonyl (C=O) groups is 2. The SMILES string of the molecule is COC(=O)C1=C(CN2CC(F)(F)C[C@H]2C(=O)O)NC(c2nc(C(C)C)cs2)=N[C@H]1c1ccc(F)cc1Cl. The maximum Gasteiger partial charge on any atom is 0.338 e. The molecule has 2 atom stereocenters. The third-order valence-corrected chi connectivity index (χ3v) is 7.31. The second kappa shape index (κ2) is 10.4. The van der Waals surface area contributed by atoms with Gasteiger partial charge in [0.1, 0.15) is 17.9 Å². The highest BCUT2D eigenvalue weighted by atomic mass is 35.5. The molecule has 0 aliphatic carbocycles. The van der Waals surface area contributed by atoms with Gasteiger partial charge in [-0.15, -0.1) is 11.3 Å². The number of aliphatic imine (C=N–C) groups is 1. The van der Waals surface area contributed by atoms with Crippen LogP contribution in [-0.2, 0) is 14.3 Å². The first kappa shape index (κ1) is 27.1. The fraction of sp³-hybridized carbons (Fsp3) is 0.417. The lowest BCUT2D eigenvalue weighted by Crippen LogP contribution is -2.43. The number of halogens is 4. The van der Waals surface area contributed by atoms with E-state index in [1.165, 1.54) is 17.4 Å². The number of carbonyl (C=O) groups excluding carboxylic acids is 1. The van der Waals surface area contributed by atoms with Crippen LogP contribution in [0, 0.1) is 5.82 Å². The number of hydrogen-bond donors (Lipinski definition) is 2. The number of likely N-dealkylation sites (tertiary alicyclic amines) is 1. The Morgan fingerprint density at radius 3 is 2.70 bits per heavy atom. The lowest BCUT2D eigenvalue weighted by atomic mass is 9.95. The Bertz CT molecular complexity index is 1300. The number of nitrogens with zero attached hydrogens (tertiary/aromatic N) is 3. The van der Waals surface area contributed by atoms with Crippen molar-refractivity contribution in [3.05, 3.63) is 62.0 Å². The van der Waals surface area contributed by atoms with Crippen molar-refractivity contribution in [2.75, 3.05) is 20.2 Å². The number of aliphatic carboxylic acids is 1. The first-order valence-corrected chi connectivity index (χ1v) is 12.6. The summed E-state index contributed by atoms with van der Waals surface area (Å²) in [7, 11) is 1.15. The number of aromatic nitrogens is 1. The number of benzene rings is 1. The van der Waals surface area contributed by atoms with Gasteiger partial charge in [-0.25, -0.2) is 22.9 Å². The Kier molecular flexibility index (Phi) is 7.63. The average Bonchev–Trinajstić information content (AvgIpc) is 3.43. The molecule has 2 aliphatic rings. The highest BCUT2D eigenvalue weighted by Gasteiger charge is 2.49. The predicted octanol–water partition coefficient (Wildman–Crippen LogP) is 4.37. The third-order valence-electron chi connectivity index (χ3n) is 6.12. The van der Waals surface area contributed by atoms with Crippen molar-refractivity contribution < 1.29 is 32.6 Å². The van der Waals surface area contributed by atoms with Crippen molar-refractivity contribution in [1.82, 2.24) is 15.2 Å². The summed E-state index contributed by atoms with van der Waals surface area (Å²) in [6, 6.07) is 1.05. The molecule has 2 aromatic rings. The minimum absolute atomic E-state index is 0.00567. The molecule has 0 amide bonds. The van der Waals surface area contributed by atoms with E-state index in [1.807, 2.05) is 19.2 Å². The zero-order chi connectivity index (χ0) is 27.1. The molecule has 0 saturated carbocycles. The third kappa shape index (κ3) is 5.65. The van der Waals surface area contributed by atoms with Crippen LogP contribution < -0.4 is 5.32 Å². The van der Waals surface area contributed by atoms with Gasteiger partial charge in [0, 0.05) is 34.6 Å². The van der Waals surface area contributed by atoms with E-state index in [1.54, 1.807) is 0 Å². The highest BCUT2D eigenvalue weighted by molar-refractivity contribution is 7.11. The van der Waals surface area contributed by atoms with E-state index in [4.69, 9.17) is 16.3 Å². The number of methoxy groups -OCH3 is 1. The van der Waals surface area contributed by atoms with E-state index in [9.17, 15) is 27.9 Å². The summed E-state index contributed by atoms with van der Waals surface area (Å²) in [4.78, 5) is 35.0. The lowest BCUT2D eigenvalue weighted by Gasteiger charge is -2.30. The van der Waals surface area contributed by atoms with E-state index >= 15 is 0 Å². The number of amidine groups is 1. The fourth-order valence-electron chi connectivity index (χ4n) is 4.28. The highest BCUT2D eigenvalue weighted by Crippen LogP contribution is 2.38. The van der Waals surface area contributed by atoms with Gasteiger partial charge in [0.15, 0.2) is 10.8 Å². The second-order valence-electron chi connectivity index (χ2n) is 9.11. The summed E-state index contributed by atoms with van der Waals surface area (Å²) in [6.07, 6.45) is -0.860. The molecule has 198 valence electrons. The number of thiazole rings is 1. The summed E-state index contributed by atoms with van der Waals surface area (Å²) < 4.78 is 47.2. The van der Waals surface area contributed by atoms with Crippen LogP contribution in [0.25, 0.3) is 0 Å². The normalized spacial score (nSPS) is 21.7. The Hall–Kier alpha value is -2.96. The number of nitrogens with one attached hydrogen (secondary N) is 1. The van der Waals surface area contributed by atoms with Crippen LogP contribution in [0.4, 0.5) is 13.2 Å². The maximum absolute atomic E-state index is 14.2. The molecular weight excluding hydrogens is 533 g/mol. The molecule has 0 unspecified atom stereocenters. The van der Waals surface area contributed by atoms with Gasteiger partial charge in [-0.3, -0.25) is 14.7 Å². The molecule has 0 radical (unpaired) electrons. The maximum atomic E-state index is 14.2. The van der Waals surface area contributed by atoms with Crippen LogP contribution in [0.15, 0.2) is 39.8 Å². The first-order chi connectivity index (χ1) is 17.4. The molecule has 37 heavy (non-hydrogen) atoms. The number of rotatable bonds is 7. The molecule has 1 aromatic heterocycles. The molecule has 1 saturated heterocycles. The van der Waals surface area contributed by atoms with E-state index in [-0.39, 0.29) is 40.2 Å². The smallest absolute Gasteiger partial charge is 0.338 e. The van der Waals surface area contributed by atoms with Gasteiger partial charge in [0.05, 0.1) is 24.9 Å². The Morgan fingerprint density at radius 1 is 1.38 bits per heavy atom. The molecule has 4 rings (SSSR count). The van der Waals surface area contributed by atoms with Crippen molar-refractivity contribution in [1.29, 1.82) is 0 Å². The van der Waals surface area contributed by atoms with Gasteiger partial charge in [-0.1, -0.05) is 31.5 Å². The summed E-state index contributed by atoms with van der Waals surface area (Å²) >= 11 is 7.62.